The number of anilines is 2. The first-order valence-corrected chi connectivity index (χ1v) is 7.92. The minimum absolute atomic E-state index is 0.154. The van der Waals surface area contributed by atoms with Gasteiger partial charge in [-0.1, -0.05) is 0 Å². The first-order valence-electron chi connectivity index (χ1n) is 6.84. The Balaban J connectivity index is 1.83. The van der Waals surface area contributed by atoms with Crippen LogP contribution < -0.4 is 11.1 Å². The number of benzene rings is 1. The first kappa shape index (κ1) is 15.3. The third-order valence-corrected chi connectivity index (χ3v) is 4.28. The lowest BCUT2D eigenvalue weighted by atomic mass is 10.1. The summed E-state index contributed by atoms with van der Waals surface area (Å²) in [7, 11) is 0. The van der Waals surface area contributed by atoms with E-state index >= 15 is 0 Å². The van der Waals surface area contributed by atoms with Gasteiger partial charge in [0.15, 0.2) is 0 Å². The number of nitrogens with two attached hydrogens (primary N) is 1. The van der Waals surface area contributed by atoms with Gasteiger partial charge in [-0.25, -0.2) is 4.39 Å². The molecule has 1 saturated heterocycles. The Bertz CT molecular complexity index is 490. The van der Waals surface area contributed by atoms with Crippen molar-refractivity contribution < 1.29 is 9.18 Å². The van der Waals surface area contributed by atoms with Crippen molar-refractivity contribution in [2.75, 3.05) is 30.7 Å². The highest BCUT2D eigenvalue weighted by Crippen LogP contribution is 2.24. The molecule has 1 aromatic rings. The second-order valence-electron chi connectivity index (χ2n) is 4.97. The summed E-state index contributed by atoms with van der Waals surface area (Å²) in [5.74, 6) is -0.147. The maximum Gasteiger partial charge on any atom is 0.224 e. The van der Waals surface area contributed by atoms with Gasteiger partial charge in [-0.2, -0.15) is 0 Å². The zero-order valence-corrected chi connectivity index (χ0v) is 13.5. The van der Waals surface area contributed by atoms with Crippen LogP contribution in [0.3, 0.4) is 0 Å². The fourth-order valence-corrected chi connectivity index (χ4v) is 2.81. The minimum Gasteiger partial charge on any atom is -0.397 e. The number of halogens is 2. The molecular formula is C14H19FIN3O. The van der Waals surface area contributed by atoms with Crippen molar-refractivity contribution in [1.29, 1.82) is 0 Å². The number of hydrogen-bond acceptors (Lipinski definition) is 3. The zero-order chi connectivity index (χ0) is 14.5. The number of hydrogen-bond donors (Lipinski definition) is 2. The molecule has 0 saturated carbocycles. The van der Waals surface area contributed by atoms with Crippen LogP contribution in [0.1, 0.15) is 25.7 Å². The number of carbonyl (C=O) groups excluding carboxylic acids is 1. The number of nitrogen functional groups attached to an aromatic ring is 1. The van der Waals surface area contributed by atoms with E-state index in [-0.39, 0.29) is 11.7 Å². The quantitative estimate of drug-likeness (QED) is 0.613. The molecule has 0 aromatic heterocycles. The molecule has 6 heteroatoms. The Hall–Kier alpha value is -1.05. The average Bonchev–Trinajstić information content (AvgIpc) is 2.45. The molecule has 0 aliphatic carbocycles. The monoisotopic (exact) mass is 391 g/mol. The van der Waals surface area contributed by atoms with Gasteiger partial charge in [-0.05, 0) is 47.9 Å². The molecule has 110 valence electrons. The van der Waals surface area contributed by atoms with E-state index in [0.717, 1.165) is 25.9 Å². The molecule has 1 amide bonds. The van der Waals surface area contributed by atoms with Gasteiger partial charge in [0.05, 0.1) is 14.9 Å². The van der Waals surface area contributed by atoms with E-state index < -0.39 is 0 Å². The van der Waals surface area contributed by atoms with Crippen molar-refractivity contribution >= 4 is 39.9 Å². The molecule has 1 aliphatic heterocycles. The Morgan fingerprint density at radius 2 is 2.05 bits per heavy atom. The van der Waals surface area contributed by atoms with Crippen LogP contribution in [0.25, 0.3) is 0 Å². The first-order chi connectivity index (χ1) is 9.58. The normalized spacial score (nSPS) is 15.2. The number of amides is 1. The van der Waals surface area contributed by atoms with Crippen LogP contribution in [0.2, 0.25) is 0 Å². The van der Waals surface area contributed by atoms with Gasteiger partial charge in [0, 0.05) is 32.1 Å². The van der Waals surface area contributed by atoms with E-state index in [1.165, 1.54) is 12.5 Å². The Morgan fingerprint density at radius 1 is 1.35 bits per heavy atom. The number of piperidine rings is 1. The molecule has 2 rings (SSSR count). The second-order valence-corrected chi connectivity index (χ2v) is 6.13. The van der Waals surface area contributed by atoms with Crippen molar-refractivity contribution in [1.82, 2.24) is 4.90 Å². The van der Waals surface area contributed by atoms with Crippen molar-refractivity contribution in [2.24, 2.45) is 0 Å². The largest absolute Gasteiger partial charge is 0.397 e. The smallest absolute Gasteiger partial charge is 0.224 e. The van der Waals surface area contributed by atoms with Crippen LogP contribution in [-0.2, 0) is 4.79 Å². The molecular weight excluding hydrogens is 372 g/mol. The summed E-state index contributed by atoms with van der Waals surface area (Å²) in [5, 5.41) is 3.04. The fourth-order valence-electron chi connectivity index (χ4n) is 2.32. The predicted molar refractivity (Wildman–Crippen MR) is 87.1 cm³/mol. The lowest BCUT2D eigenvalue weighted by Gasteiger charge is -2.26. The summed E-state index contributed by atoms with van der Waals surface area (Å²) in [6.07, 6.45) is 3.80. The predicted octanol–water partition coefficient (Wildman–Crippen LogP) is 2.83. The molecule has 1 fully saturated rings. The SMILES string of the molecule is Nc1cc(I)c(F)cc1NCCC(=O)N1CCCCC1. The van der Waals surface area contributed by atoms with Crippen LogP contribution in [0.15, 0.2) is 12.1 Å². The number of nitrogens with one attached hydrogen (secondary N) is 1. The summed E-state index contributed by atoms with van der Waals surface area (Å²) in [4.78, 5) is 13.9. The van der Waals surface area contributed by atoms with Crippen molar-refractivity contribution in [3.8, 4) is 0 Å². The van der Waals surface area contributed by atoms with E-state index in [9.17, 15) is 9.18 Å². The van der Waals surface area contributed by atoms with Crippen LogP contribution in [0.4, 0.5) is 15.8 Å². The van der Waals surface area contributed by atoms with Crippen molar-refractivity contribution in [3.63, 3.8) is 0 Å². The maximum absolute atomic E-state index is 13.5. The number of nitrogens with zero attached hydrogens (tertiary/aromatic N) is 1. The highest BCUT2D eigenvalue weighted by Gasteiger charge is 2.16. The Morgan fingerprint density at radius 3 is 2.75 bits per heavy atom. The van der Waals surface area contributed by atoms with Gasteiger partial charge >= 0.3 is 0 Å². The molecule has 0 radical (unpaired) electrons. The fraction of sp³-hybridized carbons (Fsp3) is 0.500. The Labute approximate surface area is 132 Å². The van der Waals surface area contributed by atoms with Gasteiger partial charge in [0.1, 0.15) is 5.82 Å². The van der Waals surface area contributed by atoms with Crippen molar-refractivity contribution in [3.05, 3.63) is 21.5 Å². The summed E-state index contributed by atoms with van der Waals surface area (Å²) >= 11 is 1.90. The Kier molecular flexibility index (Phi) is 5.45. The molecule has 20 heavy (non-hydrogen) atoms. The van der Waals surface area contributed by atoms with Gasteiger partial charge < -0.3 is 16.0 Å². The summed E-state index contributed by atoms with van der Waals surface area (Å²) < 4.78 is 14.0. The van der Waals surface area contributed by atoms with E-state index in [4.69, 9.17) is 5.73 Å². The summed E-state index contributed by atoms with van der Waals surface area (Å²) in [6, 6.07) is 2.97. The van der Waals surface area contributed by atoms with E-state index in [1.807, 2.05) is 27.5 Å². The molecule has 0 bridgehead atoms. The third kappa shape index (κ3) is 3.97. The minimum atomic E-state index is -0.301. The lowest BCUT2D eigenvalue weighted by Crippen LogP contribution is -2.36. The van der Waals surface area contributed by atoms with E-state index in [2.05, 4.69) is 5.32 Å². The number of carbonyl (C=O) groups is 1. The van der Waals surface area contributed by atoms with Crippen LogP contribution >= 0.6 is 22.6 Å². The zero-order valence-electron chi connectivity index (χ0n) is 11.3. The highest BCUT2D eigenvalue weighted by atomic mass is 127. The van der Waals surface area contributed by atoms with Gasteiger partial charge in [-0.15, -0.1) is 0 Å². The number of rotatable bonds is 4. The third-order valence-electron chi connectivity index (χ3n) is 3.46. The van der Waals surface area contributed by atoms with Crippen LogP contribution in [0, 0.1) is 9.39 Å². The molecule has 4 nitrogen and oxygen atoms in total. The topological polar surface area (TPSA) is 58.4 Å². The number of likely N-dealkylation sites (tertiary alicyclic amines) is 1. The van der Waals surface area contributed by atoms with Gasteiger partial charge in [0.2, 0.25) is 5.91 Å². The molecule has 0 unspecified atom stereocenters. The van der Waals surface area contributed by atoms with E-state index in [1.54, 1.807) is 6.07 Å². The summed E-state index contributed by atoms with van der Waals surface area (Å²) in [6.45, 7) is 2.19. The highest BCUT2D eigenvalue weighted by molar-refractivity contribution is 14.1. The van der Waals surface area contributed by atoms with Crippen LogP contribution in [0.5, 0.6) is 0 Å². The molecule has 1 aliphatic rings. The molecule has 0 atom stereocenters. The standard InChI is InChI=1S/C14H19FIN3O/c15-10-8-13(12(17)9-11(10)16)18-5-4-14(20)19-6-2-1-3-7-19/h8-9,18H,1-7,17H2. The van der Waals surface area contributed by atoms with Crippen LogP contribution in [-0.4, -0.2) is 30.4 Å². The molecule has 1 aromatic carbocycles. The lowest BCUT2D eigenvalue weighted by molar-refractivity contribution is -0.131. The van der Waals surface area contributed by atoms with Gasteiger partial charge in [0.25, 0.3) is 0 Å². The van der Waals surface area contributed by atoms with Crippen molar-refractivity contribution in [2.45, 2.75) is 25.7 Å². The molecule has 1 heterocycles. The molecule has 0 spiro atoms. The second kappa shape index (κ2) is 7.10. The van der Waals surface area contributed by atoms with Gasteiger partial charge in [-0.3, -0.25) is 4.79 Å². The average molecular weight is 391 g/mol. The van der Waals surface area contributed by atoms with E-state index in [0.29, 0.717) is 27.9 Å². The summed E-state index contributed by atoms with van der Waals surface area (Å²) in [5.41, 5.74) is 6.87. The molecule has 3 N–H and O–H groups in total. The maximum atomic E-state index is 13.5.